The number of anilines is 2. The van der Waals surface area contributed by atoms with E-state index in [-0.39, 0.29) is 5.78 Å². The molecular formula is C16H25N3O. The molecule has 0 aromatic heterocycles. The lowest BCUT2D eigenvalue weighted by Crippen LogP contribution is -2.41. The number of carbonyl (C=O) groups is 1. The van der Waals surface area contributed by atoms with Crippen molar-refractivity contribution in [3.8, 4) is 0 Å². The molecule has 1 aliphatic heterocycles. The average molecular weight is 275 g/mol. The van der Waals surface area contributed by atoms with Gasteiger partial charge in [0.1, 0.15) is 0 Å². The number of likely N-dealkylation sites (tertiary alicyclic amines) is 1. The van der Waals surface area contributed by atoms with Crippen molar-refractivity contribution in [1.82, 2.24) is 4.90 Å². The van der Waals surface area contributed by atoms with Gasteiger partial charge < -0.3 is 11.1 Å². The summed E-state index contributed by atoms with van der Waals surface area (Å²) in [4.78, 5) is 13.9. The molecule has 1 aromatic rings. The molecule has 1 unspecified atom stereocenters. The van der Waals surface area contributed by atoms with E-state index >= 15 is 0 Å². The van der Waals surface area contributed by atoms with Crippen LogP contribution in [0.4, 0.5) is 11.4 Å². The zero-order valence-electron chi connectivity index (χ0n) is 12.5. The minimum Gasteiger partial charge on any atom is -0.398 e. The van der Waals surface area contributed by atoms with Crippen molar-refractivity contribution in [2.75, 3.05) is 30.7 Å². The van der Waals surface area contributed by atoms with E-state index in [0.717, 1.165) is 12.2 Å². The van der Waals surface area contributed by atoms with E-state index in [1.807, 2.05) is 12.1 Å². The molecule has 0 spiro atoms. The highest BCUT2D eigenvalue weighted by atomic mass is 16.1. The Hall–Kier alpha value is -1.55. The molecule has 110 valence electrons. The molecule has 0 bridgehead atoms. The number of hydrogen-bond donors (Lipinski definition) is 2. The minimum absolute atomic E-state index is 0.00994. The van der Waals surface area contributed by atoms with Crippen LogP contribution in [0.5, 0.6) is 0 Å². The quantitative estimate of drug-likeness (QED) is 0.641. The lowest BCUT2D eigenvalue weighted by Gasteiger charge is -2.32. The summed E-state index contributed by atoms with van der Waals surface area (Å²) in [6, 6.07) is 6.09. The van der Waals surface area contributed by atoms with E-state index in [2.05, 4.69) is 17.1 Å². The molecule has 0 amide bonds. The van der Waals surface area contributed by atoms with Gasteiger partial charge in [-0.15, -0.1) is 0 Å². The summed E-state index contributed by atoms with van der Waals surface area (Å²) in [6.07, 6.45) is 3.98. The Morgan fingerprint density at radius 3 is 2.65 bits per heavy atom. The number of rotatable bonds is 5. The molecule has 0 aliphatic carbocycles. The Morgan fingerprint density at radius 1 is 1.35 bits per heavy atom. The molecule has 1 saturated heterocycles. The standard InChI is InChI=1S/C16H25N3O/c1-12(19-8-4-3-5-9-19)11-18-14-6-7-15(13(2)20)16(17)10-14/h6-7,10,12,18H,3-5,8-9,11,17H2,1-2H3. The number of piperidine rings is 1. The van der Waals surface area contributed by atoms with Crippen molar-refractivity contribution in [3.05, 3.63) is 23.8 Å². The fourth-order valence-corrected chi connectivity index (χ4v) is 2.75. The summed E-state index contributed by atoms with van der Waals surface area (Å²) in [7, 11) is 0. The molecule has 1 atom stereocenters. The molecule has 0 radical (unpaired) electrons. The predicted octanol–water partition coefficient (Wildman–Crippen LogP) is 2.76. The van der Waals surface area contributed by atoms with Crippen molar-refractivity contribution in [2.24, 2.45) is 0 Å². The molecule has 1 aliphatic rings. The summed E-state index contributed by atoms with van der Waals surface area (Å²) in [5, 5.41) is 3.42. The zero-order valence-corrected chi connectivity index (χ0v) is 12.5. The van der Waals surface area contributed by atoms with Gasteiger partial charge in [0.15, 0.2) is 5.78 Å². The highest BCUT2D eigenvalue weighted by molar-refractivity contribution is 5.99. The average Bonchev–Trinajstić information content (AvgIpc) is 2.45. The van der Waals surface area contributed by atoms with Crippen LogP contribution in [0.25, 0.3) is 0 Å². The van der Waals surface area contributed by atoms with Crippen molar-refractivity contribution in [1.29, 1.82) is 0 Å². The molecule has 4 heteroatoms. The number of benzene rings is 1. The van der Waals surface area contributed by atoms with Crippen LogP contribution in [0, 0.1) is 0 Å². The van der Waals surface area contributed by atoms with Crippen LogP contribution >= 0.6 is 0 Å². The fraction of sp³-hybridized carbons (Fsp3) is 0.562. The van der Waals surface area contributed by atoms with Crippen LogP contribution < -0.4 is 11.1 Å². The third-order valence-corrected chi connectivity index (χ3v) is 4.05. The number of Topliss-reactive ketones (excluding diaryl/α,β-unsaturated/α-hetero) is 1. The summed E-state index contributed by atoms with van der Waals surface area (Å²) < 4.78 is 0. The van der Waals surface area contributed by atoms with Gasteiger partial charge in [0.05, 0.1) is 0 Å². The maximum atomic E-state index is 11.3. The van der Waals surface area contributed by atoms with Crippen LogP contribution in [-0.4, -0.2) is 36.4 Å². The van der Waals surface area contributed by atoms with Crippen molar-refractivity contribution >= 4 is 17.2 Å². The zero-order chi connectivity index (χ0) is 14.5. The van der Waals surface area contributed by atoms with Crippen LogP contribution in [0.15, 0.2) is 18.2 Å². The number of nitrogens with one attached hydrogen (secondary N) is 1. The normalized spacial score (nSPS) is 17.7. The molecular weight excluding hydrogens is 250 g/mol. The Morgan fingerprint density at radius 2 is 2.05 bits per heavy atom. The van der Waals surface area contributed by atoms with Gasteiger partial charge >= 0.3 is 0 Å². The van der Waals surface area contributed by atoms with Gasteiger partial charge in [0, 0.05) is 29.5 Å². The number of nitrogens with zero attached hydrogens (tertiary/aromatic N) is 1. The van der Waals surface area contributed by atoms with E-state index in [0.29, 0.717) is 17.3 Å². The maximum Gasteiger partial charge on any atom is 0.161 e. The Balaban J connectivity index is 1.90. The van der Waals surface area contributed by atoms with E-state index in [4.69, 9.17) is 5.73 Å². The Kier molecular flexibility index (Phi) is 5.01. The molecule has 1 fully saturated rings. The lowest BCUT2D eigenvalue weighted by molar-refractivity contribution is 0.101. The molecule has 2 rings (SSSR count). The maximum absolute atomic E-state index is 11.3. The van der Waals surface area contributed by atoms with Gasteiger partial charge in [-0.1, -0.05) is 6.42 Å². The number of nitrogens with two attached hydrogens (primary N) is 1. The highest BCUT2D eigenvalue weighted by Gasteiger charge is 2.16. The van der Waals surface area contributed by atoms with Crippen molar-refractivity contribution < 1.29 is 4.79 Å². The van der Waals surface area contributed by atoms with E-state index < -0.39 is 0 Å². The fourth-order valence-electron chi connectivity index (χ4n) is 2.75. The van der Waals surface area contributed by atoms with E-state index in [1.54, 1.807) is 6.07 Å². The summed E-state index contributed by atoms with van der Waals surface area (Å²) in [5.41, 5.74) is 8.03. The van der Waals surface area contributed by atoms with Gasteiger partial charge in [-0.05, 0) is 58.0 Å². The van der Waals surface area contributed by atoms with Gasteiger partial charge in [0.2, 0.25) is 0 Å². The highest BCUT2D eigenvalue weighted by Crippen LogP contribution is 2.19. The lowest BCUT2D eigenvalue weighted by atomic mass is 10.1. The summed E-state index contributed by atoms with van der Waals surface area (Å²) in [6.45, 7) is 7.10. The summed E-state index contributed by atoms with van der Waals surface area (Å²) >= 11 is 0. The smallest absolute Gasteiger partial charge is 0.161 e. The second-order valence-electron chi connectivity index (χ2n) is 5.68. The first kappa shape index (κ1) is 14.9. The Labute approximate surface area is 121 Å². The second kappa shape index (κ2) is 6.75. The monoisotopic (exact) mass is 275 g/mol. The van der Waals surface area contributed by atoms with Gasteiger partial charge in [-0.2, -0.15) is 0 Å². The second-order valence-corrected chi connectivity index (χ2v) is 5.68. The van der Waals surface area contributed by atoms with Crippen LogP contribution in [0.3, 0.4) is 0 Å². The first-order chi connectivity index (χ1) is 9.58. The first-order valence-corrected chi connectivity index (χ1v) is 7.46. The van der Waals surface area contributed by atoms with E-state index in [9.17, 15) is 4.79 Å². The molecule has 20 heavy (non-hydrogen) atoms. The van der Waals surface area contributed by atoms with Crippen LogP contribution in [-0.2, 0) is 0 Å². The summed E-state index contributed by atoms with van der Waals surface area (Å²) in [5.74, 6) is 0.00994. The van der Waals surface area contributed by atoms with Crippen molar-refractivity contribution in [3.63, 3.8) is 0 Å². The van der Waals surface area contributed by atoms with Gasteiger partial charge in [0.25, 0.3) is 0 Å². The van der Waals surface area contributed by atoms with Crippen LogP contribution in [0.2, 0.25) is 0 Å². The number of carbonyl (C=O) groups excluding carboxylic acids is 1. The SMILES string of the molecule is CC(=O)c1ccc(NCC(C)N2CCCCC2)cc1N. The topological polar surface area (TPSA) is 58.4 Å². The predicted molar refractivity (Wildman–Crippen MR) is 84.2 cm³/mol. The third kappa shape index (κ3) is 3.73. The van der Waals surface area contributed by atoms with Gasteiger partial charge in [-0.25, -0.2) is 0 Å². The first-order valence-electron chi connectivity index (χ1n) is 7.46. The number of hydrogen-bond acceptors (Lipinski definition) is 4. The largest absolute Gasteiger partial charge is 0.398 e. The van der Waals surface area contributed by atoms with Crippen molar-refractivity contribution in [2.45, 2.75) is 39.2 Å². The number of nitrogen functional groups attached to an aromatic ring is 1. The third-order valence-electron chi connectivity index (χ3n) is 4.05. The minimum atomic E-state index is 0.00994. The van der Waals surface area contributed by atoms with Crippen LogP contribution in [0.1, 0.15) is 43.5 Å². The molecule has 0 saturated carbocycles. The molecule has 4 nitrogen and oxygen atoms in total. The van der Waals surface area contributed by atoms with Gasteiger partial charge in [-0.3, -0.25) is 9.69 Å². The van der Waals surface area contributed by atoms with E-state index in [1.165, 1.54) is 39.3 Å². The molecule has 1 aromatic carbocycles. The molecule has 3 N–H and O–H groups in total. The number of ketones is 1. The molecule has 1 heterocycles. The Bertz CT molecular complexity index is 467.